The van der Waals surface area contributed by atoms with E-state index in [1.165, 1.54) is 24.8 Å². The number of aliphatic hydroxyl groups excluding tert-OH is 1. The lowest BCUT2D eigenvalue weighted by Gasteiger charge is -2.13. The molecule has 0 aliphatic carbocycles. The van der Waals surface area contributed by atoms with Gasteiger partial charge in [0.15, 0.2) is 11.6 Å². The fourth-order valence-electron chi connectivity index (χ4n) is 1.95. The summed E-state index contributed by atoms with van der Waals surface area (Å²) in [5, 5.41) is 10.2. The first-order chi connectivity index (χ1) is 9.10. The van der Waals surface area contributed by atoms with Crippen molar-refractivity contribution in [1.29, 1.82) is 0 Å². The quantitative estimate of drug-likeness (QED) is 0.912. The molecule has 0 aliphatic heterocycles. The third-order valence-electron chi connectivity index (χ3n) is 3.11. The molecule has 1 N–H and O–H groups in total. The molecule has 2 aromatic rings. The molecular weight excluding hydrogens is 243 g/mol. The lowest BCUT2D eigenvalue weighted by molar-refractivity contribution is 0.178. The Morgan fingerprint density at radius 3 is 2.47 bits per heavy atom. The highest BCUT2D eigenvalue weighted by Crippen LogP contribution is 2.24. The summed E-state index contributed by atoms with van der Waals surface area (Å²) in [4.78, 5) is 0. The van der Waals surface area contributed by atoms with Gasteiger partial charge in [0.1, 0.15) is 0 Å². The van der Waals surface area contributed by atoms with Crippen molar-refractivity contribution >= 4 is 0 Å². The molecule has 0 aliphatic rings. The Balaban J connectivity index is 2.15. The van der Waals surface area contributed by atoms with Gasteiger partial charge in [-0.05, 0) is 30.2 Å². The van der Waals surface area contributed by atoms with Crippen molar-refractivity contribution in [3.63, 3.8) is 0 Å². The number of rotatable bonds is 4. The van der Waals surface area contributed by atoms with E-state index in [2.05, 4.69) is 0 Å². The minimum Gasteiger partial charge on any atom is -0.494 e. The molecule has 0 aromatic heterocycles. The Morgan fingerprint density at radius 1 is 1.16 bits per heavy atom. The van der Waals surface area contributed by atoms with E-state index in [0.717, 1.165) is 5.56 Å². The van der Waals surface area contributed by atoms with Crippen LogP contribution >= 0.6 is 0 Å². The average molecular weight is 260 g/mol. The molecule has 0 saturated heterocycles. The van der Waals surface area contributed by atoms with Gasteiger partial charge in [0.2, 0.25) is 0 Å². The molecular formula is C16H17FO2. The zero-order chi connectivity index (χ0) is 13.8. The maximum atomic E-state index is 13.3. The monoisotopic (exact) mass is 260 g/mol. The Hall–Kier alpha value is -1.87. The van der Waals surface area contributed by atoms with Crippen molar-refractivity contribution in [2.24, 2.45) is 0 Å². The fraction of sp³-hybridized carbons (Fsp3) is 0.250. The van der Waals surface area contributed by atoms with Gasteiger partial charge < -0.3 is 9.84 Å². The molecule has 2 rings (SSSR count). The highest BCUT2D eigenvalue weighted by molar-refractivity contribution is 5.32. The molecule has 100 valence electrons. The highest BCUT2D eigenvalue weighted by Gasteiger charge is 2.12. The summed E-state index contributed by atoms with van der Waals surface area (Å²) in [6.45, 7) is 2.02. The first kappa shape index (κ1) is 13.6. The minimum absolute atomic E-state index is 0.153. The molecule has 0 spiro atoms. The van der Waals surface area contributed by atoms with Crippen LogP contribution in [0.25, 0.3) is 0 Å². The second-order valence-electron chi connectivity index (χ2n) is 4.60. The smallest absolute Gasteiger partial charge is 0.165 e. The Bertz CT molecular complexity index is 549. The molecule has 3 heteroatoms. The van der Waals surface area contributed by atoms with Crippen LogP contribution in [0.3, 0.4) is 0 Å². The lowest BCUT2D eigenvalue weighted by atomic mass is 10.0. The number of hydrogen-bond donors (Lipinski definition) is 1. The summed E-state index contributed by atoms with van der Waals surface area (Å²) < 4.78 is 18.2. The maximum absolute atomic E-state index is 13.3. The fourth-order valence-corrected chi connectivity index (χ4v) is 1.95. The van der Waals surface area contributed by atoms with Crippen molar-refractivity contribution in [3.8, 4) is 5.75 Å². The molecule has 0 heterocycles. The predicted octanol–water partition coefficient (Wildman–Crippen LogP) is 3.42. The Morgan fingerprint density at radius 2 is 1.84 bits per heavy atom. The van der Waals surface area contributed by atoms with E-state index in [1.54, 1.807) is 6.07 Å². The Kier molecular flexibility index (Phi) is 4.17. The molecule has 0 saturated carbocycles. The molecule has 0 bridgehead atoms. The van der Waals surface area contributed by atoms with Gasteiger partial charge in [0, 0.05) is 6.42 Å². The van der Waals surface area contributed by atoms with Gasteiger partial charge >= 0.3 is 0 Å². The summed E-state index contributed by atoms with van der Waals surface area (Å²) in [5.41, 5.74) is 2.88. The van der Waals surface area contributed by atoms with Gasteiger partial charge in [0.05, 0.1) is 13.2 Å². The van der Waals surface area contributed by atoms with Crippen LogP contribution in [0.15, 0.2) is 42.5 Å². The van der Waals surface area contributed by atoms with Crippen molar-refractivity contribution in [3.05, 3.63) is 65.0 Å². The van der Waals surface area contributed by atoms with Gasteiger partial charge in [-0.25, -0.2) is 4.39 Å². The van der Waals surface area contributed by atoms with Crippen LogP contribution in [0.5, 0.6) is 5.75 Å². The SMILES string of the molecule is COc1cc(C(O)Cc2ccc(C)cc2)ccc1F. The number of halogens is 1. The van der Waals surface area contributed by atoms with Crippen LogP contribution in [0.1, 0.15) is 22.8 Å². The van der Waals surface area contributed by atoms with Crippen molar-refractivity contribution in [2.75, 3.05) is 7.11 Å². The molecule has 0 amide bonds. The molecule has 0 radical (unpaired) electrons. The highest BCUT2D eigenvalue weighted by atomic mass is 19.1. The van der Waals surface area contributed by atoms with Crippen LogP contribution in [0.4, 0.5) is 4.39 Å². The minimum atomic E-state index is -0.669. The summed E-state index contributed by atoms with van der Waals surface area (Å²) >= 11 is 0. The van der Waals surface area contributed by atoms with Gasteiger partial charge in [-0.2, -0.15) is 0 Å². The van der Waals surface area contributed by atoms with E-state index < -0.39 is 11.9 Å². The number of aryl methyl sites for hydroxylation is 1. The zero-order valence-corrected chi connectivity index (χ0v) is 11.1. The van der Waals surface area contributed by atoms with E-state index >= 15 is 0 Å². The summed E-state index contributed by atoms with van der Waals surface area (Å²) in [6, 6.07) is 12.4. The van der Waals surface area contributed by atoms with E-state index in [0.29, 0.717) is 12.0 Å². The van der Waals surface area contributed by atoms with Gasteiger partial charge in [-0.3, -0.25) is 0 Å². The molecule has 0 fully saturated rings. The van der Waals surface area contributed by atoms with E-state index in [1.807, 2.05) is 31.2 Å². The second-order valence-corrected chi connectivity index (χ2v) is 4.60. The van der Waals surface area contributed by atoms with Crippen LogP contribution in [-0.2, 0) is 6.42 Å². The third kappa shape index (κ3) is 3.32. The van der Waals surface area contributed by atoms with Crippen LogP contribution in [0, 0.1) is 12.7 Å². The van der Waals surface area contributed by atoms with Gasteiger partial charge in [0.25, 0.3) is 0 Å². The number of ether oxygens (including phenoxy) is 1. The summed E-state index contributed by atoms with van der Waals surface area (Å²) in [6.07, 6.45) is -0.174. The average Bonchev–Trinajstić information content (AvgIpc) is 2.42. The lowest BCUT2D eigenvalue weighted by Crippen LogP contribution is -2.03. The molecule has 2 aromatic carbocycles. The van der Waals surface area contributed by atoms with E-state index in [-0.39, 0.29) is 5.75 Å². The van der Waals surface area contributed by atoms with Gasteiger partial charge in [-0.15, -0.1) is 0 Å². The number of methoxy groups -OCH3 is 1. The predicted molar refractivity (Wildman–Crippen MR) is 72.8 cm³/mol. The van der Waals surface area contributed by atoms with Crippen molar-refractivity contribution < 1.29 is 14.2 Å². The van der Waals surface area contributed by atoms with Gasteiger partial charge in [-0.1, -0.05) is 35.9 Å². The van der Waals surface area contributed by atoms with Crippen molar-refractivity contribution in [2.45, 2.75) is 19.4 Å². The second kappa shape index (κ2) is 5.85. The number of aliphatic hydroxyl groups is 1. The molecule has 1 unspecified atom stereocenters. The summed E-state index contributed by atoms with van der Waals surface area (Å²) in [5.74, 6) is -0.269. The van der Waals surface area contributed by atoms with Crippen LogP contribution in [0.2, 0.25) is 0 Å². The molecule has 19 heavy (non-hydrogen) atoms. The third-order valence-corrected chi connectivity index (χ3v) is 3.11. The standard InChI is InChI=1S/C16H17FO2/c1-11-3-5-12(6-4-11)9-15(18)13-7-8-14(17)16(10-13)19-2/h3-8,10,15,18H,9H2,1-2H3. The Labute approximate surface area is 112 Å². The topological polar surface area (TPSA) is 29.5 Å². The maximum Gasteiger partial charge on any atom is 0.165 e. The number of benzene rings is 2. The van der Waals surface area contributed by atoms with Crippen molar-refractivity contribution in [1.82, 2.24) is 0 Å². The molecule has 1 atom stereocenters. The number of hydrogen-bond acceptors (Lipinski definition) is 2. The van der Waals surface area contributed by atoms with Crippen LogP contribution in [-0.4, -0.2) is 12.2 Å². The van der Waals surface area contributed by atoms with Crippen LogP contribution < -0.4 is 4.74 Å². The first-order valence-electron chi connectivity index (χ1n) is 6.17. The zero-order valence-electron chi connectivity index (χ0n) is 11.1. The van der Waals surface area contributed by atoms with E-state index in [9.17, 15) is 9.50 Å². The van der Waals surface area contributed by atoms with E-state index in [4.69, 9.17) is 4.74 Å². The normalized spacial score (nSPS) is 12.2. The largest absolute Gasteiger partial charge is 0.494 e. The summed E-state index contributed by atoms with van der Waals surface area (Å²) in [7, 11) is 1.41. The molecule has 2 nitrogen and oxygen atoms in total. The first-order valence-corrected chi connectivity index (χ1v) is 6.17.